The number of aromatic amines is 1. The summed E-state index contributed by atoms with van der Waals surface area (Å²) in [6.45, 7) is 4.90. The van der Waals surface area contributed by atoms with E-state index in [4.69, 9.17) is 10.5 Å². The van der Waals surface area contributed by atoms with Crippen LogP contribution in [0.3, 0.4) is 0 Å². The van der Waals surface area contributed by atoms with Crippen LogP contribution in [0.25, 0.3) is 11.2 Å². The summed E-state index contributed by atoms with van der Waals surface area (Å²) >= 11 is 0. The lowest BCUT2D eigenvalue weighted by Gasteiger charge is -2.07. The monoisotopic (exact) mass is 221 g/mol. The third-order valence-corrected chi connectivity index (χ3v) is 2.20. The summed E-state index contributed by atoms with van der Waals surface area (Å²) in [5, 5.41) is 0. The maximum atomic E-state index is 5.57. The first-order valence-electron chi connectivity index (χ1n) is 5.26. The predicted molar refractivity (Wildman–Crippen MR) is 61.0 cm³/mol. The number of aromatic nitrogens is 4. The minimum Gasteiger partial charge on any atom is -0.476 e. The molecule has 2 rings (SSSR count). The molecule has 16 heavy (non-hydrogen) atoms. The van der Waals surface area contributed by atoms with Crippen LogP contribution in [0.4, 0.5) is 5.95 Å². The van der Waals surface area contributed by atoms with Crippen molar-refractivity contribution in [2.45, 2.75) is 20.3 Å². The maximum absolute atomic E-state index is 5.57. The number of hydrogen-bond acceptors (Lipinski definition) is 5. The first-order chi connectivity index (χ1) is 7.66. The van der Waals surface area contributed by atoms with Crippen molar-refractivity contribution in [3.63, 3.8) is 0 Å². The number of imidazole rings is 1. The van der Waals surface area contributed by atoms with E-state index in [1.807, 2.05) is 0 Å². The number of H-pyrrole nitrogens is 1. The Hall–Kier alpha value is -1.85. The highest BCUT2D eigenvalue weighted by Crippen LogP contribution is 2.19. The van der Waals surface area contributed by atoms with E-state index in [1.165, 1.54) is 0 Å². The van der Waals surface area contributed by atoms with Crippen molar-refractivity contribution in [1.29, 1.82) is 0 Å². The zero-order valence-corrected chi connectivity index (χ0v) is 9.40. The number of rotatable bonds is 4. The summed E-state index contributed by atoms with van der Waals surface area (Å²) < 4.78 is 5.57. The molecule has 6 nitrogen and oxygen atoms in total. The topological polar surface area (TPSA) is 89.7 Å². The molecule has 2 aromatic heterocycles. The van der Waals surface area contributed by atoms with Crippen LogP contribution in [-0.2, 0) is 0 Å². The van der Waals surface area contributed by atoms with Gasteiger partial charge in [0.15, 0.2) is 5.65 Å². The fourth-order valence-electron chi connectivity index (χ4n) is 1.32. The Kier molecular flexibility index (Phi) is 2.89. The van der Waals surface area contributed by atoms with Crippen LogP contribution in [0, 0.1) is 5.92 Å². The molecule has 0 radical (unpaired) electrons. The molecule has 0 fully saturated rings. The molecule has 0 aliphatic carbocycles. The third-order valence-electron chi connectivity index (χ3n) is 2.20. The Morgan fingerprint density at radius 2 is 2.25 bits per heavy atom. The molecule has 2 aromatic rings. The van der Waals surface area contributed by atoms with Gasteiger partial charge in [-0.2, -0.15) is 9.97 Å². The van der Waals surface area contributed by atoms with Gasteiger partial charge in [0.05, 0.1) is 12.9 Å². The summed E-state index contributed by atoms with van der Waals surface area (Å²) in [6.07, 6.45) is 2.52. The number of anilines is 1. The van der Waals surface area contributed by atoms with Gasteiger partial charge < -0.3 is 15.5 Å². The average Bonchev–Trinajstić information content (AvgIpc) is 2.64. The minimum absolute atomic E-state index is 0.180. The largest absolute Gasteiger partial charge is 0.476 e. The molecule has 86 valence electrons. The van der Waals surface area contributed by atoms with E-state index in [0.29, 0.717) is 29.6 Å². The van der Waals surface area contributed by atoms with E-state index in [-0.39, 0.29) is 5.95 Å². The molecule has 0 unspecified atom stereocenters. The molecule has 6 heteroatoms. The number of nitrogen functional groups attached to an aromatic ring is 1. The molecule has 0 aromatic carbocycles. The first kappa shape index (κ1) is 10.7. The molecule has 0 saturated heterocycles. The first-order valence-corrected chi connectivity index (χ1v) is 5.26. The molecule has 0 atom stereocenters. The zero-order chi connectivity index (χ0) is 11.5. The van der Waals surface area contributed by atoms with E-state index in [1.54, 1.807) is 6.33 Å². The summed E-state index contributed by atoms with van der Waals surface area (Å²) in [6, 6.07) is 0. The second-order valence-electron chi connectivity index (χ2n) is 4.02. The van der Waals surface area contributed by atoms with E-state index >= 15 is 0 Å². The van der Waals surface area contributed by atoms with Crippen molar-refractivity contribution in [2.24, 2.45) is 5.92 Å². The lowest BCUT2D eigenvalue weighted by Crippen LogP contribution is -2.05. The summed E-state index contributed by atoms with van der Waals surface area (Å²) in [7, 11) is 0. The van der Waals surface area contributed by atoms with Gasteiger partial charge in [-0.15, -0.1) is 0 Å². The average molecular weight is 221 g/mol. The van der Waals surface area contributed by atoms with Crippen LogP contribution in [0.1, 0.15) is 20.3 Å². The van der Waals surface area contributed by atoms with Crippen molar-refractivity contribution < 1.29 is 4.74 Å². The molecule has 0 aliphatic rings. The fraction of sp³-hybridized carbons (Fsp3) is 0.500. The minimum atomic E-state index is 0.180. The molecular formula is C10H15N5O. The Balaban J connectivity index is 2.19. The Bertz CT molecular complexity index is 479. The highest BCUT2D eigenvalue weighted by molar-refractivity contribution is 5.76. The van der Waals surface area contributed by atoms with Crippen LogP contribution in [0.2, 0.25) is 0 Å². The molecule has 3 N–H and O–H groups in total. The smallest absolute Gasteiger partial charge is 0.245 e. The van der Waals surface area contributed by atoms with E-state index in [0.717, 1.165) is 6.42 Å². The van der Waals surface area contributed by atoms with Crippen molar-refractivity contribution in [3.8, 4) is 5.88 Å². The summed E-state index contributed by atoms with van der Waals surface area (Å²) in [5.74, 6) is 1.25. The van der Waals surface area contributed by atoms with Crippen LogP contribution in [0.5, 0.6) is 5.88 Å². The number of nitrogens with zero attached hydrogens (tertiary/aromatic N) is 3. The molecule has 0 aliphatic heterocycles. The number of ether oxygens (including phenoxy) is 1. The van der Waals surface area contributed by atoms with Crippen molar-refractivity contribution in [1.82, 2.24) is 19.9 Å². The van der Waals surface area contributed by atoms with Crippen molar-refractivity contribution in [3.05, 3.63) is 6.33 Å². The number of fused-ring (bicyclic) bond motifs is 1. The quantitative estimate of drug-likeness (QED) is 0.813. The second-order valence-corrected chi connectivity index (χ2v) is 4.02. The fourth-order valence-corrected chi connectivity index (χ4v) is 1.32. The van der Waals surface area contributed by atoms with E-state index < -0.39 is 0 Å². The van der Waals surface area contributed by atoms with Crippen LogP contribution >= 0.6 is 0 Å². The van der Waals surface area contributed by atoms with Gasteiger partial charge in [-0.1, -0.05) is 13.8 Å². The van der Waals surface area contributed by atoms with Gasteiger partial charge in [-0.25, -0.2) is 4.98 Å². The van der Waals surface area contributed by atoms with Gasteiger partial charge >= 0.3 is 0 Å². The highest BCUT2D eigenvalue weighted by Gasteiger charge is 2.09. The molecular weight excluding hydrogens is 206 g/mol. The van der Waals surface area contributed by atoms with Crippen LogP contribution in [-0.4, -0.2) is 26.5 Å². The second kappa shape index (κ2) is 4.34. The number of hydrogen-bond donors (Lipinski definition) is 2. The third kappa shape index (κ3) is 2.21. The van der Waals surface area contributed by atoms with E-state index in [2.05, 4.69) is 33.8 Å². The number of nitrogens with two attached hydrogens (primary N) is 1. The van der Waals surface area contributed by atoms with Crippen LogP contribution < -0.4 is 10.5 Å². The Morgan fingerprint density at radius 3 is 3.00 bits per heavy atom. The van der Waals surface area contributed by atoms with Crippen molar-refractivity contribution >= 4 is 17.1 Å². The lowest BCUT2D eigenvalue weighted by atomic mass is 10.1. The van der Waals surface area contributed by atoms with E-state index in [9.17, 15) is 0 Å². The van der Waals surface area contributed by atoms with Gasteiger partial charge in [-0.3, -0.25) is 0 Å². The van der Waals surface area contributed by atoms with Crippen LogP contribution in [0.15, 0.2) is 6.33 Å². The Labute approximate surface area is 93.3 Å². The highest BCUT2D eigenvalue weighted by atomic mass is 16.5. The SMILES string of the molecule is CC(C)CCOc1nc(N)nc2nc[nH]c12. The summed E-state index contributed by atoms with van der Waals surface area (Å²) in [5.41, 5.74) is 6.79. The molecule has 0 bridgehead atoms. The molecule has 0 amide bonds. The predicted octanol–water partition coefficient (Wildman–Crippen LogP) is 1.36. The number of nitrogens with one attached hydrogen (secondary N) is 1. The normalized spacial score (nSPS) is 11.2. The van der Waals surface area contributed by atoms with Gasteiger partial charge in [0.1, 0.15) is 5.52 Å². The van der Waals surface area contributed by atoms with Gasteiger partial charge in [0, 0.05) is 0 Å². The Morgan fingerprint density at radius 1 is 1.44 bits per heavy atom. The summed E-state index contributed by atoms with van der Waals surface area (Å²) in [4.78, 5) is 15.0. The van der Waals surface area contributed by atoms with Gasteiger partial charge in [-0.05, 0) is 12.3 Å². The van der Waals surface area contributed by atoms with Gasteiger partial charge in [0.25, 0.3) is 0 Å². The zero-order valence-electron chi connectivity index (χ0n) is 9.40. The standard InChI is InChI=1S/C10H15N5O/c1-6(2)3-4-16-9-7-8(13-5-12-7)14-10(11)15-9/h5-6H,3-4H2,1-2H3,(H3,11,12,13,14,15). The van der Waals surface area contributed by atoms with Gasteiger partial charge in [0.2, 0.25) is 11.8 Å². The maximum Gasteiger partial charge on any atom is 0.245 e. The molecule has 0 spiro atoms. The molecule has 2 heterocycles. The van der Waals surface area contributed by atoms with Crippen molar-refractivity contribution in [2.75, 3.05) is 12.3 Å². The lowest BCUT2D eigenvalue weighted by molar-refractivity contribution is 0.282. The molecule has 0 saturated carbocycles.